The molecule has 0 aliphatic carbocycles. The molecule has 0 saturated carbocycles. The second-order valence-corrected chi connectivity index (χ2v) is 4.99. The van der Waals surface area contributed by atoms with Crippen LogP contribution in [0, 0.1) is 0 Å². The molecular formula is C13H18N2O. The summed E-state index contributed by atoms with van der Waals surface area (Å²) in [5, 5.41) is 0. The summed E-state index contributed by atoms with van der Waals surface area (Å²) in [5.41, 5.74) is 9.54. The summed E-state index contributed by atoms with van der Waals surface area (Å²) < 4.78 is 0. The van der Waals surface area contributed by atoms with E-state index in [2.05, 4.69) is 25.8 Å². The summed E-state index contributed by atoms with van der Waals surface area (Å²) in [7, 11) is 2.12. The van der Waals surface area contributed by atoms with Gasteiger partial charge in [-0.3, -0.25) is 9.69 Å². The first-order valence-electron chi connectivity index (χ1n) is 5.56. The van der Waals surface area contributed by atoms with Crippen LogP contribution in [0.15, 0.2) is 12.1 Å². The molecule has 2 rings (SSSR count). The van der Waals surface area contributed by atoms with Gasteiger partial charge in [0.2, 0.25) is 0 Å². The Morgan fingerprint density at radius 1 is 1.44 bits per heavy atom. The van der Waals surface area contributed by atoms with Gasteiger partial charge in [0.05, 0.1) is 0 Å². The van der Waals surface area contributed by atoms with Crippen LogP contribution in [0.5, 0.6) is 0 Å². The third-order valence-electron chi connectivity index (χ3n) is 3.77. The number of carbonyl (C=O) groups is 1. The van der Waals surface area contributed by atoms with Crippen LogP contribution >= 0.6 is 0 Å². The van der Waals surface area contributed by atoms with Crippen LogP contribution in [0.1, 0.15) is 35.3 Å². The smallest absolute Gasteiger partial charge is 0.152 e. The van der Waals surface area contributed by atoms with Crippen molar-refractivity contribution >= 4 is 12.0 Å². The van der Waals surface area contributed by atoms with Gasteiger partial charge in [-0.25, -0.2) is 0 Å². The maximum absolute atomic E-state index is 10.8. The Labute approximate surface area is 96.2 Å². The number of fused-ring (bicyclic) bond motifs is 1. The molecule has 3 nitrogen and oxygen atoms in total. The van der Waals surface area contributed by atoms with Crippen molar-refractivity contribution in [1.82, 2.24) is 4.90 Å². The zero-order valence-electron chi connectivity index (χ0n) is 10.1. The van der Waals surface area contributed by atoms with Gasteiger partial charge in [-0.05, 0) is 50.6 Å². The molecule has 1 aliphatic heterocycles. The first kappa shape index (κ1) is 11.1. The number of rotatable bonds is 1. The number of nitrogens with zero attached hydrogens (tertiary/aromatic N) is 1. The standard InChI is InChI=1S/C13H18N2O/c1-13(2)11-7-12(14)10(8-16)6-9(11)4-5-15(13)3/h6-8H,4-5,14H2,1-3H3. The Balaban J connectivity index is 2.60. The zero-order valence-corrected chi connectivity index (χ0v) is 10.1. The molecule has 3 heteroatoms. The average molecular weight is 218 g/mol. The van der Waals surface area contributed by atoms with Crippen LogP contribution in [-0.4, -0.2) is 24.8 Å². The molecule has 0 unspecified atom stereocenters. The monoisotopic (exact) mass is 218 g/mol. The summed E-state index contributed by atoms with van der Waals surface area (Å²) in [6.45, 7) is 5.39. The minimum Gasteiger partial charge on any atom is -0.398 e. The quantitative estimate of drug-likeness (QED) is 0.577. The molecule has 0 atom stereocenters. The number of benzene rings is 1. The van der Waals surface area contributed by atoms with Crippen LogP contribution in [0.2, 0.25) is 0 Å². The van der Waals surface area contributed by atoms with Gasteiger partial charge in [0.25, 0.3) is 0 Å². The topological polar surface area (TPSA) is 46.3 Å². The van der Waals surface area contributed by atoms with E-state index in [1.165, 1.54) is 11.1 Å². The van der Waals surface area contributed by atoms with Gasteiger partial charge < -0.3 is 5.73 Å². The number of carbonyl (C=O) groups excluding carboxylic acids is 1. The van der Waals surface area contributed by atoms with Gasteiger partial charge in [-0.1, -0.05) is 0 Å². The normalized spacial score (nSPS) is 19.2. The van der Waals surface area contributed by atoms with Crippen molar-refractivity contribution in [3.63, 3.8) is 0 Å². The Bertz CT molecular complexity index is 438. The number of hydrogen-bond donors (Lipinski definition) is 1. The van der Waals surface area contributed by atoms with Crippen LogP contribution in [-0.2, 0) is 12.0 Å². The lowest BCUT2D eigenvalue weighted by molar-refractivity contribution is 0.112. The van der Waals surface area contributed by atoms with E-state index in [1.54, 1.807) is 0 Å². The first-order chi connectivity index (χ1) is 7.46. The van der Waals surface area contributed by atoms with E-state index in [-0.39, 0.29) is 5.54 Å². The number of anilines is 1. The second kappa shape index (κ2) is 3.59. The van der Waals surface area contributed by atoms with Crippen molar-refractivity contribution in [2.24, 2.45) is 0 Å². The molecule has 0 radical (unpaired) electrons. The van der Waals surface area contributed by atoms with Gasteiger partial charge in [-0.2, -0.15) is 0 Å². The number of likely N-dealkylation sites (N-methyl/N-ethyl adjacent to an activating group) is 1. The molecule has 2 N–H and O–H groups in total. The summed E-state index contributed by atoms with van der Waals surface area (Å²) >= 11 is 0. The van der Waals surface area contributed by atoms with Gasteiger partial charge in [0.15, 0.2) is 6.29 Å². The fourth-order valence-electron chi connectivity index (χ4n) is 2.33. The van der Waals surface area contributed by atoms with Crippen LogP contribution in [0.25, 0.3) is 0 Å². The minimum absolute atomic E-state index is 0.0108. The summed E-state index contributed by atoms with van der Waals surface area (Å²) in [5.74, 6) is 0. The van der Waals surface area contributed by atoms with Crippen molar-refractivity contribution < 1.29 is 4.79 Å². The van der Waals surface area contributed by atoms with Gasteiger partial charge in [-0.15, -0.1) is 0 Å². The SMILES string of the molecule is CN1CCc2cc(C=O)c(N)cc2C1(C)C. The van der Waals surface area contributed by atoms with Crippen molar-refractivity contribution in [3.05, 3.63) is 28.8 Å². The average Bonchev–Trinajstić information content (AvgIpc) is 2.24. The summed E-state index contributed by atoms with van der Waals surface area (Å²) in [6, 6.07) is 3.89. The molecule has 0 aromatic heterocycles. The fraction of sp³-hybridized carbons (Fsp3) is 0.462. The molecule has 0 saturated heterocycles. The zero-order chi connectivity index (χ0) is 11.9. The number of aldehydes is 1. The lowest BCUT2D eigenvalue weighted by atomic mass is 9.82. The molecule has 1 aromatic rings. The van der Waals surface area contributed by atoms with E-state index in [9.17, 15) is 4.79 Å². The molecule has 1 heterocycles. The van der Waals surface area contributed by atoms with E-state index in [0.29, 0.717) is 11.3 Å². The molecule has 1 aliphatic rings. The second-order valence-electron chi connectivity index (χ2n) is 4.99. The molecule has 0 amide bonds. The van der Waals surface area contributed by atoms with E-state index in [0.717, 1.165) is 19.3 Å². The van der Waals surface area contributed by atoms with Crippen molar-refractivity contribution in [2.45, 2.75) is 25.8 Å². The Hall–Kier alpha value is -1.35. The molecule has 86 valence electrons. The fourth-order valence-corrected chi connectivity index (χ4v) is 2.33. The van der Waals surface area contributed by atoms with Crippen LogP contribution in [0.3, 0.4) is 0 Å². The molecule has 0 bridgehead atoms. The largest absolute Gasteiger partial charge is 0.398 e. The predicted molar refractivity (Wildman–Crippen MR) is 65.6 cm³/mol. The number of nitrogen functional groups attached to an aromatic ring is 1. The molecular weight excluding hydrogens is 200 g/mol. The van der Waals surface area contributed by atoms with Crippen molar-refractivity contribution in [2.75, 3.05) is 19.3 Å². The molecule has 0 spiro atoms. The van der Waals surface area contributed by atoms with E-state index < -0.39 is 0 Å². The minimum atomic E-state index is -0.0108. The highest BCUT2D eigenvalue weighted by molar-refractivity contribution is 5.84. The lowest BCUT2D eigenvalue weighted by Crippen LogP contribution is -2.44. The van der Waals surface area contributed by atoms with E-state index in [4.69, 9.17) is 5.73 Å². The maximum Gasteiger partial charge on any atom is 0.152 e. The number of nitrogens with two attached hydrogens (primary N) is 1. The summed E-state index contributed by atoms with van der Waals surface area (Å²) in [6.07, 6.45) is 1.82. The predicted octanol–water partition coefficient (Wildman–Crippen LogP) is 1.80. The van der Waals surface area contributed by atoms with E-state index >= 15 is 0 Å². The highest BCUT2D eigenvalue weighted by Crippen LogP contribution is 2.35. The Morgan fingerprint density at radius 3 is 2.75 bits per heavy atom. The highest BCUT2D eigenvalue weighted by atomic mass is 16.1. The van der Waals surface area contributed by atoms with E-state index in [1.807, 2.05) is 12.1 Å². The van der Waals surface area contributed by atoms with Crippen LogP contribution in [0.4, 0.5) is 5.69 Å². The third kappa shape index (κ3) is 1.52. The third-order valence-corrected chi connectivity index (χ3v) is 3.77. The lowest BCUT2D eigenvalue weighted by Gasteiger charge is -2.41. The first-order valence-corrected chi connectivity index (χ1v) is 5.56. The van der Waals surface area contributed by atoms with Gasteiger partial charge >= 0.3 is 0 Å². The Morgan fingerprint density at radius 2 is 2.12 bits per heavy atom. The van der Waals surface area contributed by atoms with Crippen LogP contribution < -0.4 is 5.73 Å². The van der Waals surface area contributed by atoms with Gasteiger partial charge in [0.1, 0.15) is 0 Å². The molecule has 1 aromatic carbocycles. The highest BCUT2D eigenvalue weighted by Gasteiger charge is 2.32. The van der Waals surface area contributed by atoms with Crippen molar-refractivity contribution in [1.29, 1.82) is 0 Å². The molecule has 16 heavy (non-hydrogen) atoms. The number of hydrogen-bond acceptors (Lipinski definition) is 3. The molecule has 0 fully saturated rings. The van der Waals surface area contributed by atoms with Crippen molar-refractivity contribution in [3.8, 4) is 0 Å². The van der Waals surface area contributed by atoms with Gasteiger partial charge in [0, 0.05) is 23.3 Å². The Kier molecular flexibility index (Phi) is 2.50. The summed E-state index contributed by atoms with van der Waals surface area (Å²) in [4.78, 5) is 13.2. The maximum atomic E-state index is 10.8.